The second-order valence-electron chi connectivity index (χ2n) is 4.82. The number of hydrogen-bond acceptors (Lipinski definition) is 3. The van der Waals surface area contributed by atoms with E-state index in [0.29, 0.717) is 25.9 Å². The van der Waals surface area contributed by atoms with E-state index in [1.165, 1.54) is 0 Å². The fourth-order valence-corrected chi connectivity index (χ4v) is 2.00. The number of benzene rings is 1. The lowest BCUT2D eigenvalue weighted by atomic mass is 10.1. The molecule has 18 heavy (non-hydrogen) atoms. The van der Waals surface area contributed by atoms with E-state index in [1.807, 2.05) is 30.3 Å². The molecule has 1 atom stereocenters. The van der Waals surface area contributed by atoms with E-state index in [2.05, 4.69) is 13.8 Å². The monoisotopic (exact) mass is 249 g/mol. The molecule has 4 nitrogen and oxygen atoms in total. The van der Waals surface area contributed by atoms with Gasteiger partial charge in [-0.2, -0.15) is 0 Å². The van der Waals surface area contributed by atoms with E-state index in [9.17, 15) is 4.79 Å². The second kappa shape index (κ2) is 5.87. The number of rotatable bonds is 3. The first-order valence-electron chi connectivity index (χ1n) is 6.23. The Bertz CT molecular complexity index is 391. The number of ether oxygens (including phenoxy) is 2. The van der Waals surface area contributed by atoms with Crippen molar-refractivity contribution >= 4 is 6.09 Å². The van der Waals surface area contributed by atoms with Crippen molar-refractivity contribution in [3.05, 3.63) is 35.9 Å². The molecule has 98 valence electrons. The van der Waals surface area contributed by atoms with E-state index < -0.39 is 0 Å². The highest BCUT2D eigenvalue weighted by Crippen LogP contribution is 2.18. The summed E-state index contributed by atoms with van der Waals surface area (Å²) in [6.07, 6.45) is -0.296. The van der Waals surface area contributed by atoms with Gasteiger partial charge in [0.25, 0.3) is 0 Å². The molecule has 0 aliphatic carbocycles. The molecule has 1 aliphatic heterocycles. The molecule has 1 heterocycles. The van der Waals surface area contributed by atoms with Gasteiger partial charge in [-0.25, -0.2) is 4.79 Å². The van der Waals surface area contributed by atoms with Crippen LogP contribution in [0.3, 0.4) is 0 Å². The first kappa shape index (κ1) is 12.9. The van der Waals surface area contributed by atoms with Crippen molar-refractivity contribution in [2.45, 2.75) is 26.5 Å². The lowest BCUT2D eigenvalue weighted by Crippen LogP contribution is -2.40. The fourth-order valence-electron chi connectivity index (χ4n) is 2.00. The van der Waals surface area contributed by atoms with Crippen LogP contribution in [0.15, 0.2) is 30.3 Å². The molecule has 1 fully saturated rings. The normalized spacial score (nSPS) is 19.3. The first-order chi connectivity index (χ1) is 8.68. The first-order valence-corrected chi connectivity index (χ1v) is 6.23. The summed E-state index contributed by atoms with van der Waals surface area (Å²) in [6, 6.07) is 9.79. The molecule has 0 radical (unpaired) electrons. The van der Waals surface area contributed by atoms with Crippen LogP contribution in [-0.4, -0.2) is 30.4 Å². The smallest absolute Gasteiger partial charge is 0.412 e. The van der Waals surface area contributed by atoms with Gasteiger partial charge in [0.05, 0.1) is 12.6 Å². The number of hydrogen-bond donors (Lipinski definition) is 0. The lowest BCUT2D eigenvalue weighted by Gasteiger charge is -2.24. The summed E-state index contributed by atoms with van der Waals surface area (Å²) in [5.41, 5.74) is 0.993. The molecule has 0 spiro atoms. The molecule has 1 aromatic rings. The maximum atomic E-state index is 12.0. The topological polar surface area (TPSA) is 38.8 Å². The minimum atomic E-state index is -0.296. The highest BCUT2D eigenvalue weighted by Gasteiger charge is 2.32. The highest BCUT2D eigenvalue weighted by atomic mass is 16.6. The van der Waals surface area contributed by atoms with Gasteiger partial charge in [0.15, 0.2) is 0 Å². The maximum absolute atomic E-state index is 12.0. The Morgan fingerprint density at radius 1 is 1.44 bits per heavy atom. The molecule has 1 amide bonds. The average Bonchev–Trinajstić information content (AvgIpc) is 2.86. The maximum Gasteiger partial charge on any atom is 0.412 e. The van der Waals surface area contributed by atoms with Crippen molar-refractivity contribution in [3.8, 4) is 0 Å². The van der Waals surface area contributed by atoms with E-state index in [4.69, 9.17) is 9.47 Å². The molecule has 0 bridgehead atoms. The zero-order valence-electron chi connectivity index (χ0n) is 10.8. The zero-order valence-corrected chi connectivity index (χ0v) is 10.8. The lowest BCUT2D eigenvalue weighted by molar-refractivity contribution is 0.0720. The van der Waals surface area contributed by atoms with Crippen LogP contribution in [0.2, 0.25) is 0 Å². The molecule has 0 unspecified atom stereocenters. The largest absolute Gasteiger partial charge is 0.444 e. The summed E-state index contributed by atoms with van der Waals surface area (Å²) in [6.45, 7) is 5.39. The van der Waals surface area contributed by atoms with E-state index in [1.54, 1.807) is 4.90 Å². The van der Waals surface area contributed by atoms with Gasteiger partial charge in [-0.05, 0) is 11.5 Å². The minimum Gasteiger partial charge on any atom is -0.444 e. The third kappa shape index (κ3) is 3.01. The zero-order chi connectivity index (χ0) is 13.0. The Hall–Kier alpha value is -1.55. The SMILES string of the molecule is CC(C)[C@H]1COCN1C(=O)OCc1ccccc1. The molecule has 0 saturated carbocycles. The molecule has 1 aromatic carbocycles. The Morgan fingerprint density at radius 2 is 2.17 bits per heavy atom. The predicted molar refractivity (Wildman–Crippen MR) is 67.9 cm³/mol. The van der Waals surface area contributed by atoms with Crippen LogP contribution in [-0.2, 0) is 16.1 Å². The summed E-state index contributed by atoms with van der Waals surface area (Å²) in [4.78, 5) is 13.6. The summed E-state index contributed by atoms with van der Waals surface area (Å²) in [5.74, 6) is 0.372. The van der Waals surface area contributed by atoms with Crippen molar-refractivity contribution in [3.63, 3.8) is 0 Å². The summed E-state index contributed by atoms with van der Waals surface area (Å²) in [5, 5.41) is 0. The Morgan fingerprint density at radius 3 is 2.83 bits per heavy atom. The highest BCUT2D eigenvalue weighted by molar-refractivity contribution is 5.68. The molecular formula is C14H19NO3. The van der Waals surface area contributed by atoms with Crippen molar-refractivity contribution in [1.82, 2.24) is 4.90 Å². The van der Waals surface area contributed by atoms with E-state index in [-0.39, 0.29) is 12.1 Å². The number of nitrogens with zero attached hydrogens (tertiary/aromatic N) is 1. The van der Waals surface area contributed by atoms with Gasteiger partial charge >= 0.3 is 6.09 Å². The van der Waals surface area contributed by atoms with Crippen molar-refractivity contribution < 1.29 is 14.3 Å². The van der Waals surface area contributed by atoms with Crippen LogP contribution >= 0.6 is 0 Å². The number of carbonyl (C=O) groups excluding carboxylic acids is 1. The summed E-state index contributed by atoms with van der Waals surface area (Å²) < 4.78 is 10.6. The number of carbonyl (C=O) groups is 1. The molecule has 0 N–H and O–H groups in total. The van der Waals surface area contributed by atoms with Gasteiger partial charge in [-0.15, -0.1) is 0 Å². The Kier molecular flexibility index (Phi) is 4.20. The summed E-state index contributed by atoms with van der Waals surface area (Å²) in [7, 11) is 0. The minimum absolute atomic E-state index is 0.119. The van der Waals surface area contributed by atoms with E-state index in [0.717, 1.165) is 5.56 Å². The Labute approximate surface area is 107 Å². The van der Waals surface area contributed by atoms with Crippen LogP contribution in [0.4, 0.5) is 4.79 Å². The average molecular weight is 249 g/mol. The predicted octanol–water partition coefficient (Wildman–Crippen LogP) is 2.64. The molecule has 0 aromatic heterocycles. The van der Waals surface area contributed by atoms with Crippen molar-refractivity contribution in [1.29, 1.82) is 0 Å². The quantitative estimate of drug-likeness (QED) is 0.826. The van der Waals surface area contributed by atoms with Crippen LogP contribution in [0.25, 0.3) is 0 Å². The van der Waals surface area contributed by atoms with Gasteiger partial charge in [0, 0.05) is 0 Å². The third-order valence-corrected chi connectivity index (χ3v) is 3.13. The summed E-state index contributed by atoms with van der Waals surface area (Å²) >= 11 is 0. The number of amides is 1. The van der Waals surface area contributed by atoms with Crippen molar-refractivity contribution in [2.75, 3.05) is 13.3 Å². The van der Waals surface area contributed by atoms with Gasteiger partial charge < -0.3 is 9.47 Å². The second-order valence-corrected chi connectivity index (χ2v) is 4.82. The van der Waals surface area contributed by atoms with Gasteiger partial charge in [-0.3, -0.25) is 4.90 Å². The van der Waals surface area contributed by atoms with E-state index >= 15 is 0 Å². The van der Waals surface area contributed by atoms with Crippen LogP contribution in [0, 0.1) is 5.92 Å². The van der Waals surface area contributed by atoms with Gasteiger partial charge in [0.1, 0.15) is 13.3 Å². The molecule has 2 rings (SSSR count). The third-order valence-electron chi connectivity index (χ3n) is 3.13. The van der Waals surface area contributed by atoms with Crippen molar-refractivity contribution in [2.24, 2.45) is 5.92 Å². The molecule has 4 heteroatoms. The standard InChI is InChI=1S/C14H19NO3/c1-11(2)13-9-17-10-15(13)14(16)18-8-12-6-4-3-5-7-12/h3-7,11,13H,8-10H2,1-2H3/t13-/m1/s1. The fraction of sp³-hybridized carbons (Fsp3) is 0.500. The molecule has 1 aliphatic rings. The molecular weight excluding hydrogens is 230 g/mol. The van der Waals surface area contributed by atoms with Crippen LogP contribution in [0.1, 0.15) is 19.4 Å². The van der Waals surface area contributed by atoms with Gasteiger partial charge in [0.2, 0.25) is 0 Å². The molecule has 1 saturated heterocycles. The van der Waals surface area contributed by atoms with Crippen LogP contribution < -0.4 is 0 Å². The van der Waals surface area contributed by atoms with Crippen LogP contribution in [0.5, 0.6) is 0 Å². The van der Waals surface area contributed by atoms with Gasteiger partial charge in [-0.1, -0.05) is 44.2 Å². The Balaban J connectivity index is 1.88.